The molecule has 0 radical (unpaired) electrons. The molecule has 1 aliphatic carbocycles. The Morgan fingerprint density at radius 2 is 2.20 bits per heavy atom. The minimum absolute atomic E-state index is 0.0404. The van der Waals surface area contributed by atoms with Crippen molar-refractivity contribution in [1.29, 1.82) is 0 Å². The van der Waals surface area contributed by atoms with Crippen molar-refractivity contribution in [1.82, 2.24) is 5.32 Å². The highest BCUT2D eigenvalue weighted by Crippen LogP contribution is 2.26. The van der Waals surface area contributed by atoms with Gasteiger partial charge in [-0.1, -0.05) is 26.2 Å². The third-order valence-corrected chi connectivity index (χ3v) is 3.16. The zero-order valence-electron chi connectivity index (χ0n) is 9.92. The molecule has 1 N–H and O–H groups in total. The Bertz CT molecular complexity index is 194. The Morgan fingerprint density at radius 1 is 1.40 bits per heavy atom. The minimum Gasteiger partial charge on any atom is -0.372 e. The van der Waals surface area contributed by atoms with Crippen LogP contribution in [-0.4, -0.2) is 25.2 Å². The maximum absolute atomic E-state index is 11.4. The first-order valence-corrected chi connectivity index (χ1v) is 6.13. The van der Waals surface area contributed by atoms with E-state index in [0.29, 0.717) is 12.6 Å². The Balaban J connectivity index is 2.22. The summed E-state index contributed by atoms with van der Waals surface area (Å²) < 4.78 is 5.08. The van der Waals surface area contributed by atoms with E-state index in [1.54, 1.807) is 0 Å². The third-order valence-electron chi connectivity index (χ3n) is 3.16. The minimum atomic E-state index is 0.0404. The van der Waals surface area contributed by atoms with Crippen LogP contribution in [0.2, 0.25) is 0 Å². The third kappa shape index (κ3) is 4.65. The fourth-order valence-corrected chi connectivity index (χ4v) is 2.26. The first-order chi connectivity index (χ1) is 7.26. The highest BCUT2D eigenvalue weighted by Gasteiger charge is 2.21. The molecule has 0 aromatic heterocycles. The molecule has 0 aromatic carbocycles. The van der Waals surface area contributed by atoms with E-state index >= 15 is 0 Å². The van der Waals surface area contributed by atoms with E-state index in [1.807, 2.05) is 6.92 Å². The normalized spacial score (nSPS) is 26.3. The van der Waals surface area contributed by atoms with Gasteiger partial charge in [-0.3, -0.25) is 4.79 Å². The molecule has 0 bridgehead atoms. The van der Waals surface area contributed by atoms with E-state index < -0.39 is 0 Å². The van der Waals surface area contributed by atoms with Crippen LogP contribution in [0.5, 0.6) is 0 Å². The van der Waals surface area contributed by atoms with E-state index in [2.05, 4.69) is 12.2 Å². The molecular formula is C12H23NO2. The SMILES string of the molecule is CCOCC(=O)NC1CCCC(CC)C1. The van der Waals surface area contributed by atoms with Crippen LogP contribution >= 0.6 is 0 Å². The average molecular weight is 213 g/mol. The summed E-state index contributed by atoms with van der Waals surface area (Å²) >= 11 is 0. The molecule has 3 heteroatoms. The monoisotopic (exact) mass is 213 g/mol. The van der Waals surface area contributed by atoms with Gasteiger partial charge in [0.1, 0.15) is 6.61 Å². The van der Waals surface area contributed by atoms with Crippen LogP contribution in [0.1, 0.15) is 46.0 Å². The van der Waals surface area contributed by atoms with Crippen LogP contribution < -0.4 is 5.32 Å². The van der Waals surface area contributed by atoms with Crippen molar-refractivity contribution >= 4 is 5.91 Å². The quantitative estimate of drug-likeness (QED) is 0.759. The zero-order valence-corrected chi connectivity index (χ0v) is 9.92. The lowest BCUT2D eigenvalue weighted by Gasteiger charge is -2.29. The number of hydrogen-bond acceptors (Lipinski definition) is 2. The summed E-state index contributed by atoms with van der Waals surface area (Å²) in [6.07, 6.45) is 6.09. The fraction of sp³-hybridized carbons (Fsp3) is 0.917. The highest BCUT2D eigenvalue weighted by molar-refractivity contribution is 5.77. The molecule has 88 valence electrons. The summed E-state index contributed by atoms with van der Waals surface area (Å²) in [5, 5.41) is 3.05. The molecule has 2 unspecified atom stereocenters. The van der Waals surface area contributed by atoms with E-state index in [0.717, 1.165) is 18.8 Å². The van der Waals surface area contributed by atoms with Gasteiger partial charge < -0.3 is 10.1 Å². The fourth-order valence-electron chi connectivity index (χ4n) is 2.26. The predicted molar refractivity (Wildman–Crippen MR) is 60.7 cm³/mol. The van der Waals surface area contributed by atoms with Crippen LogP contribution in [0.3, 0.4) is 0 Å². The second-order valence-electron chi connectivity index (χ2n) is 4.34. The van der Waals surface area contributed by atoms with Gasteiger partial charge in [0, 0.05) is 12.6 Å². The van der Waals surface area contributed by atoms with Gasteiger partial charge in [-0.25, -0.2) is 0 Å². The number of ether oxygens (including phenoxy) is 1. The molecular weight excluding hydrogens is 190 g/mol. The Labute approximate surface area is 92.6 Å². The van der Waals surface area contributed by atoms with Crippen molar-refractivity contribution in [3.05, 3.63) is 0 Å². The Hall–Kier alpha value is -0.570. The highest BCUT2D eigenvalue weighted by atomic mass is 16.5. The van der Waals surface area contributed by atoms with Gasteiger partial charge in [-0.15, -0.1) is 0 Å². The second kappa shape index (κ2) is 6.83. The molecule has 15 heavy (non-hydrogen) atoms. The summed E-state index contributed by atoms with van der Waals surface area (Å²) in [4.78, 5) is 11.4. The molecule has 1 fully saturated rings. The Kier molecular flexibility index (Phi) is 5.69. The summed E-state index contributed by atoms with van der Waals surface area (Å²) in [5.41, 5.74) is 0. The number of hydrogen-bond donors (Lipinski definition) is 1. The standard InChI is InChI=1S/C12H23NO2/c1-3-10-6-5-7-11(8-10)13-12(14)9-15-4-2/h10-11H,3-9H2,1-2H3,(H,13,14). The van der Waals surface area contributed by atoms with Crippen LogP contribution in [0.4, 0.5) is 0 Å². The molecule has 1 saturated carbocycles. The van der Waals surface area contributed by atoms with Crippen LogP contribution in [-0.2, 0) is 9.53 Å². The molecule has 2 atom stereocenters. The number of rotatable bonds is 5. The van der Waals surface area contributed by atoms with Crippen LogP contribution in [0.15, 0.2) is 0 Å². The summed E-state index contributed by atoms with van der Waals surface area (Å²) in [6, 6.07) is 0.386. The summed E-state index contributed by atoms with van der Waals surface area (Å²) in [6.45, 7) is 4.95. The lowest BCUT2D eigenvalue weighted by atomic mass is 9.84. The number of carbonyl (C=O) groups excluding carboxylic acids is 1. The van der Waals surface area contributed by atoms with Crippen molar-refractivity contribution < 1.29 is 9.53 Å². The molecule has 0 spiro atoms. The van der Waals surface area contributed by atoms with E-state index in [4.69, 9.17) is 4.74 Å². The van der Waals surface area contributed by atoms with Crippen molar-refractivity contribution in [2.45, 2.75) is 52.0 Å². The van der Waals surface area contributed by atoms with Crippen LogP contribution in [0, 0.1) is 5.92 Å². The van der Waals surface area contributed by atoms with Gasteiger partial charge in [-0.05, 0) is 25.7 Å². The Morgan fingerprint density at radius 3 is 2.87 bits per heavy atom. The molecule has 1 amide bonds. The van der Waals surface area contributed by atoms with Gasteiger partial charge in [0.05, 0.1) is 0 Å². The van der Waals surface area contributed by atoms with Crippen molar-refractivity contribution in [2.75, 3.05) is 13.2 Å². The van der Waals surface area contributed by atoms with Gasteiger partial charge in [0.15, 0.2) is 0 Å². The first kappa shape index (κ1) is 12.5. The molecule has 1 aliphatic rings. The molecule has 3 nitrogen and oxygen atoms in total. The zero-order chi connectivity index (χ0) is 11.1. The number of amides is 1. The summed E-state index contributed by atoms with van der Waals surface area (Å²) in [7, 11) is 0. The van der Waals surface area contributed by atoms with Crippen molar-refractivity contribution in [2.24, 2.45) is 5.92 Å². The average Bonchev–Trinajstić information content (AvgIpc) is 2.26. The van der Waals surface area contributed by atoms with Gasteiger partial charge in [0.2, 0.25) is 5.91 Å². The lowest BCUT2D eigenvalue weighted by Crippen LogP contribution is -2.40. The molecule has 1 rings (SSSR count). The van der Waals surface area contributed by atoms with E-state index in [1.165, 1.54) is 19.3 Å². The van der Waals surface area contributed by atoms with E-state index in [-0.39, 0.29) is 12.5 Å². The smallest absolute Gasteiger partial charge is 0.246 e. The summed E-state index contributed by atoms with van der Waals surface area (Å²) in [5.74, 6) is 0.842. The largest absolute Gasteiger partial charge is 0.372 e. The van der Waals surface area contributed by atoms with Crippen molar-refractivity contribution in [3.63, 3.8) is 0 Å². The van der Waals surface area contributed by atoms with Gasteiger partial charge >= 0.3 is 0 Å². The second-order valence-corrected chi connectivity index (χ2v) is 4.34. The molecule has 0 aliphatic heterocycles. The van der Waals surface area contributed by atoms with Gasteiger partial charge in [-0.2, -0.15) is 0 Å². The van der Waals surface area contributed by atoms with E-state index in [9.17, 15) is 4.79 Å². The molecule has 0 heterocycles. The maximum Gasteiger partial charge on any atom is 0.246 e. The first-order valence-electron chi connectivity index (χ1n) is 6.13. The topological polar surface area (TPSA) is 38.3 Å². The molecule has 0 aromatic rings. The van der Waals surface area contributed by atoms with Crippen LogP contribution in [0.25, 0.3) is 0 Å². The predicted octanol–water partition coefficient (Wildman–Crippen LogP) is 2.11. The lowest BCUT2D eigenvalue weighted by molar-refractivity contribution is -0.126. The number of nitrogens with one attached hydrogen (secondary N) is 1. The molecule has 0 saturated heterocycles. The van der Waals surface area contributed by atoms with Crippen molar-refractivity contribution in [3.8, 4) is 0 Å². The maximum atomic E-state index is 11.4. The van der Waals surface area contributed by atoms with Gasteiger partial charge in [0.25, 0.3) is 0 Å². The number of carbonyl (C=O) groups is 1.